The molecular formula is C28H36N2O5. The lowest BCUT2D eigenvalue weighted by Crippen LogP contribution is -2.54. The maximum Gasteiger partial charge on any atom is 0.407 e. The summed E-state index contributed by atoms with van der Waals surface area (Å²) in [7, 11) is 0. The van der Waals surface area contributed by atoms with E-state index >= 15 is 0 Å². The minimum Gasteiger partial charge on any atom is -0.480 e. The van der Waals surface area contributed by atoms with Crippen molar-refractivity contribution >= 4 is 18.0 Å². The van der Waals surface area contributed by atoms with Crippen molar-refractivity contribution in [2.24, 2.45) is 11.8 Å². The van der Waals surface area contributed by atoms with Gasteiger partial charge in [0.15, 0.2) is 0 Å². The van der Waals surface area contributed by atoms with Gasteiger partial charge in [0.1, 0.15) is 12.1 Å². The zero-order valence-corrected chi connectivity index (χ0v) is 21.0. The van der Waals surface area contributed by atoms with Crippen LogP contribution < -0.4 is 10.6 Å². The van der Waals surface area contributed by atoms with E-state index in [1.807, 2.05) is 38.1 Å². The number of ether oxygens (including phenoxy) is 1. The molecule has 3 N–H and O–H groups in total. The van der Waals surface area contributed by atoms with E-state index < -0.39 is 17.6 Å². The van der Waals surface area contributed by atoms with Gasteiger partial charge in [0.05, 0.1) is 0 Å². The topological polar surface area (TPSA) is 105 Å². The van der Waals surface area contributed by atoms with Gasteiger partial charge in [-0.25, -0.2) is 9.59 Å². The fraction of sp³-hybridized carbons (Fsp3) is 0.464. The van der Waals surface area contributed by atoms with Gasteiger partial charge < -0.3 is 20.5 Å². The summed E-state index contributed by atoms with van der Waals surface area (Å²) in [5.41, 5.74) is 3.36. The summed E-state index contributed by atoms with van der Waals surface area (Å²) in [4.78, 5) is 36.9. The predicted octanol–water partition coefficient (Wildman–Crippen LogP) is 4.95. The Bertz CT molecular complexity index is 1020. The number of hydrogen-bond acceptors (Lipinski definition) is 4. The highest BCUT2D eigenvalue weighted by atomic mass is 16.5. The van der Waals surface area contributed by atoms with Gasteiger partial charge in [-0.2, -0.15) is 0 Å². The van der Waals surface area contributed by atoms with Crippen LogP contribution in [0.4, 0.5) is 4.79 Å². The molecule has 0 aromatic heterocycles. The zero-order valence-electron chi connectivity index (χ0n) is 21.0. The Labute approximate surface area is 207 Å². The summed E-state index contributed by atoms with van der Waals surface area (Å²) in [6, 6.07) is 16.3. The van der Waals surface area contributed by atoms with Crippen molar-refractivity contribution in [1.82, 2.24) is 10.6 Å². The van der Waals surface area contributed by atoms with Gasteiger partial charge >= 0.3 is 12.1 Å². The van der Waals surface area contributed by atoms with Crippen molar-refractivity contribution in [3.63, 3.8) is 0 Å². The van der Waals surface area contributed by atoms with Gasteiger partial charge in [0.2, 0.25) is 5.91 Å². The maximum atomic E-state index is 12.7. The standard InChI is InChI=1S/C28H36N2O5/c1-5-28(6-2,26(32)33)30-25(31)15-19(18(3)4)16-29-27(34)35-17-24-22-13-9-7-11-20(22)21-12-8-10-14-23(21)24/h7-14,18-19,24H,5-6,15-17H2,1-4H3,(H,29,34)(H,30,31)(H,32,33). The molecule has 0 heterocycles. The Morgan fingerprint density at radius 1 is 0.971 bits per heavy atom. The second-order valence-electron chi connectivity index (χ2n) is 9.56. The molecule has 1 unspecified atom stereocenters. The van der Waals surface area contributed by atoms with Crippen LogP contribution >= 0.6 is 0 Å². The molecule has 7 heteroatoms. The van der Waals surface area contributed by atoms with Gasteiger partial charge in [-0.3, -0.25) is 4.79 Å². The van der Waals surface area contributed by atoms with Crippen molar-refractivity contribution < 1.29 is 24.2 Å². The van der Waals surface area contributed by atoms with Crippen LogP contribution in [0.3, 0.4) is 0 Å². The molecule has 35 heavy (non-hydrogen) atoms. The third kappa shape index (κ3) is 5.84. The van der Waals surface area contributed by atoms with Crippen LogP contribution in [0.15, 0.2) is 48.5 Å². The molecule has 1 aliphatic carbocycles. The lowest BCUT2D eigenvalue weighted by Gasteiger charge is -2.29. The fourth-order valence-electron chi connectivity index (χ4n) is 4.75. The Kier molecular flexibility index (Phi) is 8.54. The van der Waals surface area contributed by atoms with E-state index in [0.717, 1.165) is 11.1 Å². The summed E-state index contributed by atoms with van der Waals surface area (Å²) in [6.07, 6.45) is 0.195. The first-order chi connectivity index (χ1) is 16.7. The molecule has 0 saturated heterocycles. The van der Waals surface area contributed by atoms with E-state index in [2.05, 4.69) is 34.9 Å². The average Bonchev–Trinajstić information content (AvgIpc) is 3.17. The van der Waals surface area contributed by atoms with Crippen LogP contribution in [0.1, 0.15) is 64.0 Å². The summed E-state index contributed by atoms with van der Waals surface area (Å²) in [5.74, 6) is -1.43. The van der Waals surface area contributed by atoms with E-state index in [-0.39, 0.29) is 43.2 Å². The lowest BCUT2D eigenvalue weighted by atomic mass is 9.89. The molecule has 0 radical (unpaired) electrons. The molecule has 188 valence electrons. The van der Waals surface area contributed by atoms with Crippen LogP contribution in [0, 0.1) is 11.8 Å². The summed E-state index contributed by atoms with van der Waals surface area (Å²) in [6.45, 7) is 7.93. The highest BCUT2D eigenvalue weighted by molar-refractivity contribution is 5.87. The number of amides is 2. The Balaban J connectivity index is 1.56. The van der Waals surface area contributed by atoms with E-state index in [1.54, 1.807) is 13.8 Å². The second-order valence-corrected chi connectivity index (χ2v) is 9.56. The smallest absolute Gasteiger partial charge is 0.407 e. The molecule has 1 atom stereocenters. The number of fused-ring (bicyclic) bond motifs is 3. The van der Waals surface area contributed by atoms with Crippen LogP contribution in [-0.2, 0) is 14.3 Å². The number of carboxylic acid groups (broad SMARTS) is 1. The van der Waals surface area contributed by atoms with Crippen molar-refractivity contribution in [3.05, 3.63) is 59.7 Å². The van der Waals surface area contributed by atoms with Gasteiger partial charge in [-0.1, -0.05) is 76.2 Å². The maximum absolute atomic E-state index is 12.7. The van der Waals surface area contributed by atoms with Gasteiger partial charge in [0, 0.05) is 18.9 Å². The Hall–Kier alpha value is -3.35. The molecule has 7 nitrogen and oxygen atoms in total. The molecular weight excluding hydrogens is 444 g/mol. The number of carbonyl (C=O) groups excluding carboxylic acids is 2. The third-order valence-electron chi connectivity index (χ3n) is 7.24. The number of rotatable bonds is 11. The van der Waals surface area contributed by atoms with Crippen LogP contribution in [0.25, 0.3) is 11.1 Å². The van der Waals surface area contributed by atoms with Gasteiger partial charge in [-0.05, 0) is 46.9 Å². The SMILES string of the molecule is CCC(CC)(NC(=O)CC(CNC(=O)OCC1c2ccccc2-c2ccccc21)C(C)C)C(=O)O. The number of benzene rings is 2. The third-order valence-corrected chi connectivity index (χ3v) is 7.24. The normalized spacial score (nSPS) is 13.6. The first-order valence-electron chi connectivity index (χ1n) is 12.4. The molecule has 0 spiro atoms. The van der Waals surface area contributed by atoms with Crippen LogP contribution in [-0.4, -0.2) is 41.8 Å². The second kappa shape index (κ2) is 11.4. The lowest BCUT2D eigenvalue weighted by molar-refractivity contribution is -0.148. The monoisotopic (exact) mass is 480 g/mol. The number of carboxylic acids is 1. The highest BCUT2D eigenvalue weighted by Crippen LogP contribution is 2.44. The molecule has 0 bridgehead atoms. The van der Waals surface area contributed by atoms with Gasteiger partial charge in [0.25, 0.3) is 0 Å². The van der Waals surface area contributed by atoms with E-state index in [0.29, 0.717) is 12.8 Å². The molecule has 2 aromatic rings. The van der Waals surface area contributed by atoms with E-state index in [4.69, 9.17) is 4.74 Å². The first kappa shape index (κ1) is 26.3. The minimum absolute atomic E-state index is 0.0212. The quantitative estimate of drug-likeness (QED) is 0.422. The zero-order chi connectivity index (χ0) is 25.6. The summed E-state index contributed by atoms with van der Waals surface area (Å²) >= 11 is 0. The number of aliphatic carboxylic acids is 1. The minimum atomic E-state index is -1.27. The van der Waals surface area contributed by atoms with Crippen molar-refractivity contribution in [2.45, 2.75) is 58.4 Å². The first-order valence-corrected chi connectivity index (χ1v) is 12.4. The Morgan fingerprint density at radius 3 is 2.00 bits per heavy atom. The molecule has 2 aromatic carbocycles. The van der Waals surface area contributed by atoms with Crippen LogP contribution in [0.2, 0.25) is 0 Å². The number of carbonyl (C=O) groups is 3. The van der Waals surface area contributed by atoms with E-state index in [1.165, 1.54) is 11.1 Å². The number of hydrogen-bond donors (Lipinski definition) is 3. The molecule has 1 aliphatic rings. The predicted molar refractivity (Wildman–Crippen MR) is 135 cm³/mol. The van der Waals surface area contributed by atoms with Crippen molar-refractivity contribution in [1.29, 1.82) is 0 Å². The van der Waals surface area contributed by atoms with Crippen molar-refractivity contribution in [3.8, 4) is 11.1 Å². The van der Waals surface area contributed by atoms with E-state index in [9.17, 15) is 19.5 Å². The van der Waals surface area contributed by atoms with Crippen molar-refractivity contribution in [2.75, 3.05) is 13.2 Å². The largest absolute Gasteiger partial charge is 0.480 e. The summed E-state index contributed by atoms with van der Waals surface area (Å²) in [5, 5.41) is 15.1. The van der Waals surface area contributed by atoms with Gasteiger partial charge in [-0.15, -0.1) is 0 Å². The fourth-order valence-corrected chi connectivity index (χ4v) is 4.75. The molecule has 0 fully saturated rings. The highest BCUT2D eigenvalue weighted by Gasteiger charge is 2.37. The average molecular weight is 481 g/mol. The molecule has 0 aliphatic heterocycles. The van der Waals surface area contributed by atoms with Crippen LogP contribution in [0.5, 0.6) is 0 Å². The molecule has 2 amide bonds. The molecule has 3 rings (SSSR count). The Morgan fingerprint density at radius 2 is 1.51 bits per heavy atom. The number of nitrogens with one attached hydrogen (secondary N) is 2. The molecule has 0 saturated carbocycles. The number of alkyl carbamates (subject to hydrolysis) is 1. The summed E-state index contributed by atoms with van der Waals surface area (Å²) < 4.78 is 5.59.